The zero-order valence-corrected chi connectivity index (χ0v) is 13.1. The van der Waals surface area contributed by atoms with Gasteiger partial charge < -0.3 is 9.52 Å². The van der Waals surface area contributed by atoms with E-state index in [9.17, 15) is 13.2 Å². The summed E-state index contributed by atoms with van der Waals surface area (Å²) in [6.07, 6.45) is 5.50. The number of aromatic carboxylic acids is 1. The van der Waals surface area contributed by atoms with Crippen LogP contribution >= 0.6 is 0 Å². The van der Waals surface area contributed by atoms with Crippen LogP contribution in [-0.2, 0) is 10.0 Å². The second-order valence-electron chi connectivity index (χ2n) is 5.56. The third-order valence-electron chi connectivity index (χ3n) is 4.01. The lowest BCUT2D eigenvalue weighted by Gasteiger charge is -2.10. The number of carboxylic acids is 1. The van der Waals surface area contributed by atoms with Gasteiger partial charge in [0.25, 0.3) is 0 Å². The average Bonchev–Trinajstić information content (AvgIpc) is 2.96. The summed E-state index contributed by atoms with van der Waals surface area (Å²) in [5, 5.41) is 9.17. The molecule has 0 bridgehead atoms. The summed E-state index contributed by atoms with van der Waals surface area (Å²) in [4.78, 5) is 11.0. The molecule has 1 aromatic heterocycles. The zero-order valence-electron chi connectivity index (χ0n) is 12.3. The standard InChI is InChI=1S/C14H21NO5S/c1-9-12(14(16)17)13(10(2)20-9)21(18,19)15-8-7-11-5-3-4-6-11/h11,15H,3-8H2,1-2H3,(H,16,17). The molecule has 2 rings (SSSR count). The fraction of sp³-hybridized carbons (Fsp3) is 0.643. The molecular formula is C14H21NO5S. The largest absolute Gasteiger partial charge is 0.478 e. The van der Waals surface area contributed by atoms with Gasteiger partial charge in [0.2, 0.25) is 10.0 Å². The Balaban J connectivity index is 2.13. The SMILES string of the molecule is Cc1oc(C)c(S(=O)(=O)NCCC2CCCC2)c1C(=O)O. The Morgan fingerprint density at radius 3 is 2.48 bits per heavy atom. The van der Waals surface area contributed by atoms with Gasteiger partial charge in [-0.1, -0.05) is 25.7 Å². The molecule has 2 N–H and O–H groups in total. The number of furan rings is 1. The van der Waals surface area contributed by atoms with Crippen LogP contribution < -0.4 is 4.72 Å². The van der Waals surface area contributed by atoms with E-state index in [2.05, 4.69) is 4.72 Å². The minimum absolute atomic E-state index is 0.108. The van der Waals surface area contributed by atoms with Crippen molar-refractivity contribution in [3.8, 4) is 0 Å². The zero-order chi connectivity index (χ0) is 15.6. The Hall–Kier alpha value is -1.34. The Morgan fingerprint density at radius 2 is 1.90 bits per heavy atom. The van der Waals surface area contributed by atoms with Crippen molar-refractivity contribution in [3.63, 3.8) is 0 Å². The van der Waals surface area contributed by atoms with Crippen molar-refractivity contribution in [1.82, 2.24) is 4.72 Å². The van der Waals surface area contributed by atoms with Crippen LogP contribution in [0, 0.1) is 19.8 Å². The first-order chi connectivity index (χ1) is 9.83. The summed E-state index contributed by atoms with van der Waals surface area (Å²) < 4.78 is 32.3. The highest BCUT2D eigenvalue weighted by Crippen LogP contribution is 2.28. The molecule has 0 aliphatic heterocycles. The molecule has 1 aromatic rings. The van der Waals surface area contributed by atoms with Crippen molar-refractivity contribution in [1.29, 1.82) is 0 Å². The maximum atomic E-state index is 12.3. The van der Waals surface area contributed by atoms with Gasteiger partial charge in [0.05, 0.1) is 0 Å². The molecule has 7 heteroatoms. The van der Waals surface area contributed by atoms with E-state index in [0.717, 1.165) is 19.3 Å². The number of carboxylic acid groups (broad SMARTS) is 1. The third kappa shape index (κ3) is 3.47. The van der Waals surface area contributed by atoms with Crippen LogP contribution in [0.25, 0.3) is 0 Å². The van der Waals surface area contributed by atoms with Crippen molar-refractivity contribution in [2.45, 2.75) is 50.8 Å². The van der Waals surface area contributed by atoms with Crippen molar-refractivity contribution >= 4 is 16.0 Å². The van der Waals surface area contributed by atoms with Gasteiger partial charge in [-0.05, 0) is 26.2 Å². The number of sulfonamides is 1. The Kier molecular flexibility index (Phi) is 4.73. The molecule has 1 fully saturated rings. The van der Waals surface area contributed by atoms with Crippen LogP contribution in [0.4, 0.5) is 0 Å². The molecule has 0 saturated heterocycles. The monoisotopic (exact) mass is 315 g/mol. The van der Waals surface area contributed by atoms with Crippen LogP contribution in [0.5, 0.6) is 0 Å². The minimum atomic E-state index is -3.86. The Bertz CT molecular complexity index is 626. The molecule has 21 heavy (non-hydrogen) atoms. The fourth-order valence-electron chi connectivity index (χ4n) is 3.00. The summed E-state index contributed by atoms with van der Waals surface area (Å²) in [7, 11) is -3.86. The first kappa shape index (κ1) is 16.0. The molecule has 0 radical (unpaired) electrons. The lowest BCUT2D eigenvalue weighted by Crippen LogP contribution is -2.27. The van der Waals surface area contributed by atoms with Crippen molar-refractivity contribution in [2.24, 2.45) is 5.92 Å². The summed E-state index contributed by atoms with van der Waals surface area (Å²) in [5.41, 5.74) is -0.277. The molecule has 1 aliphatic rings. The summed E-state index contributed by atoms with van der Waals surface area (Å²) >= 11 is 0. The molecule has 0 spiro atoms. The van der Waals surface area contributed by atoms with Crippen LogP contribution in [0.3, 0.4) is 0 Å². The molecule has 1 heterocycles. The van der Waals surface area contributed by atoms with Crippen LogP contribution in [0.15, 0.2) is 9.31 Å². The predicted octanol–water partition coefficient (Wildman–Crippen LogP) is 2.45. The topological polar surface area (TPSA) is 96.6 Å². The second-order valence-corrected chi connectivity index (χ2v) is 7.26. The molecule has 1 aliphatic carbocycles. The molecule has 6 nitrogen and oxygen atoms in total. The summed E-state index contributed by atoms with van der Waals surface area (Å²) in [6.45, 7) is 3.24. The van der Waals surface area contributed by atoms with E-state index in [1.54, 1.807) is 0 Å². The fourth-order valence-corrected chi connectivity index (χ4v) is 4.45. The highest BCUT2D eigenvalue weighted by atomic mass is 32.2. The molecule has 1 saturated carbocycles. The normalized spacial score (nSPS) is 16.5. The van der Waals surface area contributed by atoms with Gasteiger partial charge in [-0.25, -0.2) is 17.9 Å². The number of rotatable bonds is 6. The molecule has 0 amide bonds. The Morgan fingerprint density at radius 1 is 1.29 bits per heavy atom. The molecule has 0 unspecified atom stereocenters. The first-order valence-electron chi connectivity index (χ1n) is 7.16. The van der Waals surface area contributed by atoms with Crippen LogP contribution in [0.2, 0.25) is 0 Å². The van der Waals surface area contributed by atoms with Gasteiger partial charge in [0.1, 0.15) is 22.0 Å². The van der Waals surface area contributed by atoms with E-state index in [-0.39, 0.29) is 22.0 Å². The minimum Gasteiger partial charge on any atom is -0.478 e. The third-order valence-corrected chi connectivity index (χ3v) is 5.62. The molecule has 118 valence electrons. The van der Waals surface area contributed by atoms with Crippen molar-refractivity contribution in [3.05, 3.63) is 17.1 Å². The highest BCUT2D eigenvalue weighted by Gasteiger charge is 2.30. The quantitative estimate of drug-likeness (QED) is 0.840. The smallest absolute Gasteiger partial charge is 0.340 e. The maximum absolute atomic E-state index is 12.3. The van der Waals surface area contributed by atoms with Gasteiger partial charge in [-0.3, -0.25) is 0 Å². The number of hydrogen-bond donors (Lipinski definition) is 2. The van der Waals surface area contributed by atoms with Crippen LogP contribution in [-0.4, -0.2) is 26.0 Å². The predicted molar refractivity (Wildman–Crippen MR) is 76.9 cm³/mol. The second kappa shape index (κ2) is 6.19. The van der Waals surface area contributed by atoms with E-state index in [1.165, 1.54) is 26.7 Å². The first-order valence-corrected chi connectivity index (χ1v) is 8.64. The van der Waals surface area contributed by atoms with E-state index in [4.69, 9.17) is 9.52 Å². The maximum Gasteiger partial charge on any atom is 0.340 e. The molecular weight excluding hydrogens is 294 g/mol. The van der Waals surface area contributed by atoms with Crippen molar-refractivity contribution in [2.75, 3.05) is 6.54 Å². The van der Waals surface area contributed by atoms with E-state index in [0.29, 0.717) is 12.5 Å². The number of hydrogen-bond acceptors (Lipinski definition) is 4. The molecule has 0 atom stereocenters. The lowest BCUT2D eigenvalue weighted by molar-refractivity contribution is 0.0691. The van der Waals surface area contributed by atoms with E-state index in [1.807, 2.05) is 0 Å². The van der Waals surface area contributed by atoms with Gasteiger partial charge in [0.15, 0.2) is 0 Å². The average molecular weight is 315 g/mol. The Labute approximate surface area is 124 Å². The number of carbonyl (C=O) groups is 1. The summed E-state index contributed by atoms with van der Waals surface area (Å²) in [6, 6.07) is 0. The van der Waals surface area contributed by atoms with E-state index < -0.39 is 16.0 Å². The summed E-state index contributed by atoms with van der Waals surface area (Å²) in [5.74, 6) is -0.506. The van der Waals surface area contributed by atoms with Crippen molar-refractivity contribution < 1.29 is 22.7 Å². The van der Waals surface area contributed by atoms with Gasteiger partial charge in [-0.2, -0.15) is 0 Å². The van der Waals surface area contributed by atoms with Gasteiger partial charge >= 0.3 is 5.97 Å². The highest BCUT2D eigenvalue weighted by molar-refractivity contribution is 7.89. The van der Waals surface area contributed by atoms with Gasteiger partial charge in [0, 0.05) is 6.54 Å². The lowest BCUT2D eigenvalue weighted by atomic mass is 10.1. The molecule has 0 aromatic carbocycles. The van der Waals surface area contributed by atoms with E-state index >= 15 is 0 Å². The van der Waals surface area contributed by atoms with Crippen LogP contribution in [0.1, 0.15) is 54.0 Å². The number of nitrogens with one attached hydrogen (secondary N) is 1. The number of aryl methyl sites for hydroxylation is 2. The van der Waals surface area contributed by atoms with Gasteiger partial charge in [-0.15, -0.1) is 0 Å².